The summed E-state index contributed by atoms with van der Waals surface area (Å²) < 4.78 is 19.0. The lowest BCUT2D eigenvalue weighted by molar-refractivity contribution is 0.284. The zero-order valence-electron chi connectivity index (χ0n) is 10.9. The third-order valence-corrected chi connectivity index (χ3v) is 2.67. The van der Waals surface area contributed by atoms with Gasteiger partial charge < -0.3 is 10.5 Å². The quantitative estimate of drug-likeness (QED) is 0.769. The molecule has 0 saturated carbocycles. The zero-order chi connectivity index (χ0) is 12.8. The molecule has 0 fully saturated rings. The number of nitrogens with two attached hydrogens (primary N) is 1. The fourth-order valence-electron chi connectivity index (χ4n) is 1.59. The Labute approximate surface area is 103 Å². The van der Waals surface area contributed by atoms with Crippen LogP contribution in [0.25, 0.3) is 0 Å². The van der Waals surface area contributed by atoms with Crippen molar-refractivity contribution in [3.63, 3.8) is 0 Å². The van der Waals surface area contributed by atoms with Gasteiger partial charge in [-0.2, -0.15) is 0 Å². The van der Waals surface area contributed by atoms with E-state index in [1.165, 1.54) is 6.07 Å². The number of ether oxygens (including phenoxy) is 1. The Balaban J connectivity index is 2.49. The monoisotopic (exact) mass is 239 g/mol. The number of benzene rings is 1. The maximum absolute atomic E-state index is 13.6. The fraction of sp³-hybridized carbons (Fsp3) is 0.571. The van der Waals surface area contributed by atoms with Gasteiger partial charge in [-0.3, -0.25) is 0 Å². The molecule has 1 rings (SSSR count). The fourth-order valence-corrected chi connectivity index (χ4v) is 1.59. The molecule has 1 aromatic rings. The van der Waals surface area contributed by atoms with Gasteiger partial charge in [0.25, 0.3) is 0 Å². The van der Waals surface area contributed by atoms with Gasteiger partial charge in [-0.1, -0.05) is 19.9 Å². The molecule has 0 aliphatic heterocycles. The molecule has 17 heavy (non-hydrogen) atoms. The number of hydrogen-bond acceptors (Lipinski definition) is 2. The minimum Gasteiger partial charge on any atom is -0.491 e. The maximum atomic E-state index is 13.6. The van der Waals surface area contributed by atoms with E-state index >= 15 is 0 Å². The summed E-state index contributed by atoms with van der Waals surface area (Å²) in [5.74, 6) is 0.645. The summed E-state index contributed by atoms with van der Waals surface area (Å²) in [6.45, 7) is 6.72. The van der Waals surface area contributed by atoms with E-state index in [4.69, 9.17) is 10.5 Å². The van der Waals surface area contributed by atoms with Gasteiger partial charge in [-0.15, -0.1) is 0 Å². The van der Waals surface area contributed by atoms with Gasteiger partial charge in [0.1, 0.15) is 0 Å². The van der Waals surface area contributed by atoms with Crippen LogP contribution in [0.4, 0.5) is 4.39 Å². The Kier molecular flexibility index (Phi) is 5.42. The molecule has 0 bridgehead atoms. The van der Waals surface area contributed by atoms with Crippen molar-refractivity contribution < 1.29 is 9.13 Å². The highest BCUT2D eigenvalue weighted by molar-refractivity contribution is 5.30. The Hall–Kier alpha value is -1.09. The molecule has 0 aromatic heterocycles. The van der Waals surface area contributed by atoms with Gasteiger partial charge in [0.2, 0.25) is 0 Å². The summed E-state index contributed by atoms with van der Waals surface area (Å²) in [7, 11) is 0. The van der Waals surface area contributed by atoms with Gasteiger partial charge in [0.05, 0.1) is 6.61 Å². The summed E-state index contributed by atoms with van der Waals surface area (Å²) in [4.78, 5) is 0. The van der Waals surface area contributed by atoms with Gasteiger partial charge in [0, 0.05) is 6.04 Å². The zero-order valence-corrected chi connectivity index (χ0v) is 10.9. The third-order valence-electron chi connectivity index (χ3n) is 2.67. The van der Waals surface area contributed by atoms with E-state index in [1.807, 2.05) is 13.0 Å². The van der Waals surface area contributed by atoms with Gasteiger partial charge in [-0.25, -0.2) is 4.39 Å². The van der Waals surface area contributed by atoms with E-state index < -0.39 is 0 Å². The van der Waals surface area contributed by atoms with Crippen molar-refractivity contribution in [3.8, 4) is 5.75 Å². The first-order valence-corrected chi connectivity index (χ1v) is 6.18. The average Bonchev–Trinajstić information content (AvgIpc) is 2.25. The molecule has 0 unspecified atom stereocenters. The van der Waals surface area contributed by atoms with Crippen LogP contribution in [0.15, 0.2) is 18.2 Å². The first-order valence-electron chi connectivity index (χ1n) is 6.18. The van der Waals surface area contributed by atoms with Crippen LogP contribution in [0.5, 0.6) is 5.75 Å². The maximum Gasteiger partial charge on any atom is 0.165 e. The minimum atomic E-state index is -0.329. The molecular formula is C14H22FNO. The Bertz CT molecular complexity index is 350. The first kappa shape index (κ1) is 14.0. The summed E-state index contributed by atoms with van der Waals surface area (Å²) in [5.41, 5.74) is 6.47. The predicted octanol–water partition coefficient (Wildman–Crippen LogP) is 3.66. The molecule has 0 aliphatic carbocycles. The Morgan fingerprint density at radius 1 is 1.29 bits per heavy atom. The van der Waals surface area contributed by atoms with E-state index in [-0.39, 0.29) is 11.9 Å². The van der Waals surface area contributed by atoms with Crippen LogP contribution in [-0.4, -0.2) is 6.61 Å². The first-order chi connectivity index (χ1) is 8.00. The average molecular weight is 239 g/mol. The van der Waals surface area contributed by atoms with Crippen LogP contribution < -0.4 is 10.5 Å². The van der Waals surface area contributed by atoms with Crippen LogP contribution in [0.1, 0.15) is 45.2 Å². The van der Waals surface area contributed by atoms with Crippen LogP contribution in [-0.2, 0) is 0 Å². The van der Waals surface area contributed by atoms with E-state index in [0.29, 0.717) is 18.3 Å². The molecule has 0 amide bonds. The molecule has 0 radical (unpaired) electrons. The van der Waals surface area contributed by atoms with Crippen molar-refractivity contribution in [1.29, 1.82) is 0 Å². The lowest BCUT2D eigenvalue weighted by Gasteiger charge is -2.11. The van der Waals surface area contributed by atoms with Crippen LogP contribution in [0.3, 0.4) is 0 Å². The topological polar surface area (TPSA) is 35.2 Å². The molecule has 96 valence electrons. The summed E-state index contributed by atoms with van der Waals surface area (Å²) in [5, 5.41) is 0. The standard InChI is InChI=1S/C14H22FNO/c1-10(2)5-4-8-17-14-7-6-12(11(3)16)9-13(14)15/h6-7,9-11H,4-5,8,16H2,1-3H3/t11-/m0/s1. The lowest BCUT2D eigenvalue weighted by Crippen LogP contribution is -2.06. The molecular weight excluding hydrogens is 217 g/mol. The lowest BCUT2D eigenvalue weighted by atomic mass is 10.1. The normalized spacial score (nSPS) is 12.8. The number of halogens is 1. The van der Waals surface area contributed by atoms with Crippen molar-refractivity contribution in [2.24, 2.45) is 11.7 Å². The molecule has 0 heterocycles. The van der Waals surface area contributed by atoms with Gasteiger partial charge in [-0.05, 0) is 43.4 Å². The molecule has 0 aliphatic rings. The highest BCUT2D eigenvalue weighted by Gasteiger charge is 2.07. The van der Waals surface area contributed by atoms with Gasteiger partial charge in [0.15, 0.2) is 11.6 Å². The SMILES string of the molecule is CC(C)CCCOc1ccc([C@H](C)N)cc1F. The smallest absolute Gasteiger partial charge is 0.165 e. The molecule has 2 nitrogen and oxygen atoms in total. The molecule has 2 N–H and O–H groups in total. The summed E-state index contributed by atoms with van der Waals surface area (Å²) >= 11 is 0. The second kappa shape index (κ2) is 6.60. The molecule has 0 saturated heterocycles. The van der Waals surface area contributed by atoms with Crippen molar-refractivity contribution in [3.05, 3.63) is 29.6 Å². The molecule has 1 atom stereocenters. The van der Waals surface area contributed by atoms with E-state index in [9.17, 15) is 4.39 Å². The second-order valence-electron chi connectivity index (χ2n) is 4.86. The van der Waals surface area contributed by atoms with Crippen molar-refractivity contribution >= 4 is 0 Å². The second-order valence-corrected chi connectivity index (χ2v) is 4.86. The van der Waals surface area contributed by atoms with Crippen LogP contribution in [0.2, 0.25) is 0 Å². The number of rotatable bonds is 6. The van der Waals surface area contributed by atoms with E-state index in [0.717, 1.165) is 18.4 Å². The van der Waals surface area contributed by atoms with Crippen LogP contribution in [0, 0.1) is 11.7 Å². The van der Waals surface area contributed by atoms with E-state index in [2.05, 4.69) is 13.8 Å². The highest BCUT2D eigenvalue weighted by Crippen LogP contribution is 2.21. The Morgan fingerprint density at radius 3 is 2.53 bits per heavy atom. The van der Waals surface area contributed by atoms with Crippen LogP contribution >= 0.6 is 0 Å². The molecule has 3 heteroatoms. The van der Waals surface area contributed by atoms with Crippen molar-refractivity contribution in [2.75, 3.05) is 6.61 Å². The third kappa shape index (κ3) is 4.73. The van der Waals surface area contributed by atoms with Gasteiger partial charge >= 0.3 is 0 Å². The summed E-state index contributed by atoms with van der Waals surface area (Å²) in [6, 6.07) is 4.76. The minimum absolute atomic E-state index is 0.153. The summed E-state index contributed by atoms with van der Waals surface area (Å²) in [6.07, 6.45) is 2.05. The number of hydrogen-bond donors (Lipinski definition) is 1. The molecule has 1 aromatic carbocycles. The van der Waals surface area contributed by atoms with Crippen molar-refractivity contribution in [1.82, 2.24) is 0 Å². The highest BCUT2D eigenvalue weighted by atomic mass is 19.1. The Morgan fingerprint density at radius 2 is 2.00 bits per heavy atom. The molecule has 0 spiro atoms. The van der Waals surface area contributed by atoms with E-state index in [1.54, 1.807) is 6.07 Å². The largest absolute Gasteiger partial charge is 0.491 e. The predicted molar refractivity (Wildman–Crippen MR) is 68.6 cm³/mol. The van der Waals surface area contributed by atoms with Crippen molar-refractivity contribution in [2.45, 2.75) is 39.7 Å².